The summed E-state index contributed by atoms with van der Waals surface area (Å²) in [5.74, 6) is 1.70. The minimum atomic E-state index is -0.462. The number of fused-ring (bicyclic) bond motifs is 16. The van der Waals surface area contributed by atoms with E-state index >= 15 is 0 Å². The third kappa shape index (κ3) is 6.16. The molecule has 16 rings (SSSR count). The molecule has 0 fully saturated rings. The van der Waals surface area contributed by atoms with Gasteiger partial charge in [-0.05, 0) is 132 Å². The highest BCUT2D eigenvalue weighted by Gasteiger charge is 2.52. The average molecular weight is 956 g/mol. The highest BCUT2D eigenvalue weighted by molar-refractivity contribution is 6.13. The second-order valence-corrected chi connectivity index (χ2v) is 19.7. The molecule has 3 aromatic heterocycles. The van der Waals surface area contributed by atoms with E-state index in [1.165, 1.54) is 55.6 Å². The second kappa shape index (κ2) is 16.0. The van der Waals surface area contributed by atoms with Gasteiger partial charge in [-0.3, -0.25) is 0 Å². The van der Waals surface area contributed by atoms with Crippen molar-refractivity contribution in [2.75, 3.05) is 0 Å². The van der Waals surface area contributed by atoms with Crippen LogP contribution in [0.3, 0.4) is 0 Å². The van der Waals surface area contributed by atoms with Crippen molar-refractivity contribution in [1.82, 2.24) is 15.0 Å². The maximum atomic E-state index is 6.68. The molecule has 0 radical (unpaired) electrons. The van der Waals surface area contributed by atoms with Crippen molar-refractivity contribution in [3.05, 3.63) is 271 Å². The van der Waals surface area contributed by atoms with Gasteiger partial charge in [0.05, 0.1) is 5.41 Å². The smallest absolute Gasteiger partial charge is 0.164 e. The SMILES string of the molecule is c1ccc(-c2cccc(-c3nc(-c4ccc5oc6ccccc6c5c4)nc(-c4cccc5oc6ccc(-c7cccc(-c8cccc9c8C8(c%10ccccc%10-c%10ccccc%108)c8ccccc8-9)c7)cc6c45)n3)c2)cc1. The minimum Gasteiger partial charge on any atom is -0.456 e. The number of furan rings is 2. The largest absolute Gasteiger partial charge is 0.456 e. The second-order valence-electron chi connectivity index (χ2n) is 19.7. The first-order valence-corrected chi connectivity index (χ1v) is 25.5. The Hall–Kier alpha value is -9.97. The Morgan fingerprint density at radius 1 is 0.253 bits per heavy atom. The lowest BCUT2D eigenvalue weighted by atomic mass is 9.68. The predicted molar refractivity (Wildman–Crippen MR) is 303 cm³/mol. The number of rotatable bonds is 6. The van der Waals surface area contributed by atoms with E-state index in [4.69, 9.17) is 23.8 Å². The van der Waals surface area contributed by atoms with Gasteiger partial charge in [-0.1, -0.05) is 194 Å². The molecule has 75 heavy (non-hydrogen) atoms. The maximum absolute atomic E-state index is 6.68. The van der Waals surface area contributed by atoms with Gasteiger partial charge in [0.25, 0.3) is 0 Å². The molecular weight excluding hydrogens is 915 g/mol. The number of aromatic nitrogens is 3. The van der Waals surface area contributed by atoms with E-state index < -0.39 is 5.41 Å². The van der Waals surface area contributed by atoms with Crippen LogP contribution in [-0.2, 0) is 5.41 Å². The Morgan fingerprint density at radius 2 is 0.693 bits per heavy atom. The Labute approximate surface area is 431 Å². The molecule has 2 aliphatic carbocycles. The number of benzene rings is 11. The number of hydrogen-bond acceptors (Lipinski definition) is 5. The van der Waals surface area contributed by atoms with E-state index in [1.54, 1.807) is 0 Å². The Kier molecular flexibility index (Phi) is 8.89. The molecule has 0 bridgehead atoms. The highest BCUT2D eigenvalue weighted by Crippen LogP contribution is 2.64. The zero-order valence-electron chi connectivity index (χ0n) is 40.3. The summed E-state index contributed by atoms with van der Waals surface area (Å²) in [6, 6.07) is 88.8. The number of nitrogens with zero attached hydrogens (tertiary/aromatic N) is 3. The van der Waals surface area contributed by atoms with Crippen LogP contribution >= 0.6 is 0 Å². The van der Waals surface area contributed by atoms with Crippen LogP contribution in [0, 0.1) is 0 Å². The molecule has 0 aliphatic heterocycles. The van der Waals surface area contributed by atoms with Gasteiger partial charge in [0.2, 0.25) is 0 Å². The van der Waals surface area contributed by atoms with Crippen molar-refractivity contribution in [3.8, 4) is 89.8 Å². The fourth-order valence-corrected chi connectivity index (χ4v) is 12.5. The molecule has 0 unspecified atom stereocenters. The molecule has 5 heteroatoms. The molecule has 0 saturated heterocycles. The maximum Gasteiger partial charge on any atom is 0.164 e. The van der Waals surface area contributed by atoms with Crippen LogP contribution in [-0.4, -0.2) is 15.0 Å². The molecule has 11 aromatic carbocycles. The van der Waals surface area contributed by atoms with Gasteiger partial charge in [0.15, 0.2) is 17.5 Å². The van der Waals surface area contributed by atoms with Crippen molar-refractivity contribution in [2.24, 2.45) is 0 Å². The molecule has 1 spiro atoms. The monoisotopic (exact) mass is 955 g/mol. The summed E-state index contributed by atoms with van der Waals surface area (Å²) < 4.78 is 12.9. The topological polar surface area (TPSA) is 65.0 Å². The third-order valence-electron chi connectivity index (χ3n) is 15.8. The summed E-state index contributed by atoms with van der Waals surface area (Å²) in [4.78, 5) is 15.9. The van der Waals surface area contributed by atoms with Crippen LogP contribution in [0.4, 0.5) is 0 Å². The van der Waals surface area contributed by atoms with Crippen LogP contribution in [0.2, 0.25) is 0 Å². The molecule has 3 heterocycles. The van der Waals surface area contributed by atoms with Gasteiger partial charge in [0.1, 0.15) is 22.3 Å². The first-order chi connectivity index (χ1) is 37.2. The van der Waals surface area contributed by atoms with Crippen molar-refractivity contribution in [2.45, 2.75) is 5.41 Å². The Bertz CT molecular complexity index is 4610. The van der Waals surface area contributed by atoms with Gasteiger partial charge < -0.3 is 8.83 Å². The molecule has 348 valence electrons. The van der Waals surface area contributed by atoms with Gasteiger partial charge in [0, 0.05) is 38.2 Å². The molecular formula is C70H41N3O2. The van der Waals surface area contributed by atoms with Crippen molar-refractivity contribution in [1.29, 1.82) is 0 Å². The minimum absolute atomic E-state index is 0.462. The predicted octanol–water partition coefficient (Wildman–Crippen LogP) is 18.0. The summed E-state index contributed by atoms with van der Waals surface area (Å²) in [6.45, 7) is 0. The van der Waals surface area contributed by atoms with Gasteiger partial charge in [-0.2, -0.15) is 0 Å². The van der Waals surface area contributed by atoms with E-state index in [-0.39, 0.29) is 0 Å². The molecule has 0 saturated carbocycles. The van der Waals surface area contributed by atoms with E-state index in [2.05, 4.69) is 200 Å². The highest BCUT2D eigenvalue weighted by atomic mass is 16.3. The van der Waals surface area contributed by atoms with E-state index in [0.29, 0.717) is 17.5 Å². The number of para-hydroxylation sites is 1. The summed E-state index contributed by atoms with van der Waals surface area (Å²) >= 11 is 0. The Balaban J connectivity index is 0.859. The Morgan fingerprint density at radius 3 is 1.45 bits per heavy atom. The summed E-state index contributed by atoms with van der Waals surface area (Å²) in [6.07, 6.45) is 0. The quantitative estimate of drug-likeness (QED) is 0.166. The van der Waals surface area contributed by atoms with Crippen molar-refractivity contribution in [3.63, 3.8) is 0 Å². The normalized spacial score (nSPS) is 12.9. The third-order valence-corrected chi connectivity index (χ3v) is 15.8. The lowest BCUT2D eigenvalue weighted by Crippen LogP contribution is -2.26. The van der Waals surface area contributed by atoms with Gasteiger partial charge in [-0.15, -0.1) is 0 Å². The van der Waals surface area contributed by atoms with Gasteiger partial charge in [-0.25, -0.2) is 15.0 Å². The first-order valence-electron chi connectivity index (χ1n) is 25.5. The molecule has 0 amide bonds. The molecule has 0 atom stereocenters. The molecule has 2 aliphatic rings. The lowest BCUT2D eigenvalue weighted by Gasteiger charge is -2.32. The lowest BCUT2D eigenvalue weighted by molar-refractivity contribution is 0.668. The zero-order valence-corrected chi connectivity index (χ0v) is 40.3. The van der Waals surface area contributed by atoms with E-state index in [1.807, 2.05) is 48.5 Å². The molecule has 5 nitrogen and oxygen atoms in total. The average Bonchev–Trinajstić information content (AvgIpc) is 4.43. The van der Waals surface area contributed by atoms with E-state index in [0.717, 1.165) is 82.8 Å². The molecule has 0 N–H and O–H groups in total. The van der Waals surface area contributed by atoms with E-state index in [9.17, 15) is 0 Å². The zero-order chi connectivity index (χ0) is 49.2. The number of hydrogen-bond donors (Lipinski definition) is 0. The van der Waals surface area contributed by atoms with Crippen LogP contribution < -0.4 is 0 Å². The van der Waals surface area contributed by atoms with Crippen LogP contribution in [0.1, 0.15) is 22.3 Å². The first kappa shape index (κ1) is 41.6. The standard InChI is InChI=1S/C70H41N3O2/c1-2-16-42(17-3-1)43-18-13-21-47(39-43)67-71-68(48-35-37-62-56(41-48)53-25-7-11-32-61(53)74-62)73-69(72-67)55-28-15-33-64-65(55)57-40-45(34-36-63(57)75-64)44-19-12-20-46(38-44)49-26-14-27-54-52-24-6-10-31-60(52)70(66(49)54)58-29-8-4-22-50(58)51-23-5-9-30-59(51)70/h1-41H. The van der Waals surface area contributed by atoms with Crippen LogP contribution in [0.5, 0.6) is 0 Å². The summed E-state index contributed by atoms with van der Waals surface area (Å²) in [7, 11) is 0. The van der Waals surface area contributed by atoms with Crippen LogP contribution in [0.25, 0.3) is 134 Å². The summed E-state index contributed by atoms with van der Waals surface area (Å²) in [5.41, 5.74) is 22.6. The fourth-order valence-electron chi connectivity index (χ4n) is 12.5. The van der Waals surface area contributed by atoms with Crippen molar-refractivity contribution < 1.29 is 8.83 Å². The van der Waals surface area contributed by atoms with Crippen molar-refractivity contribution >= 4 is 43.9 Å². The molecule has 14 aromatic rings. The van der Waals surface area contributed by atoms with Crippen LogP contribution in [0.15, 0.2) is 258 Å². The fraction of sp³-hybridized carbons (Fsp3) is 0.0143. The summed E-state index contributed by atoms with van der Waals surface area (Å²) in [5, 5.41) is 3.98. The van der Waals surface area contributed by atoms with Gasteiger partial charge >= 0.3 is 0 Å².